The van der Waals surface area contributed by atoms with Crippen LogP contribution < -0.4 is 4.74 Å². The third-order valence-corrected chi connectivity index (χ3v) is 5.55. The quantitative estimate of drug-likeness (QED) is 0.384. The molecule has 154 valence electrons. The van der Waals surface area contributed by atoms with Gasteiger partial charge in [-0.1, -0.05) is 54.6 Å². The Hall–Kier alpha value is -4.45. The fourth-order valence-corrected chi connectivity index (χ4v) is 3.85. The topological polar surface area (TPSA) is 68.6 Å². The van der Waals surface area contributed by atoms with E-state index in [-0.39, 0.29) is 0 Å². The van der Waals surface area contributed by atoms with E-state index >= 15 is 0 Å². The second kappa shape index (κ2) is 7.35. The summed E-state index contributed by atoms with van der Waals surface area (Å²) in [5.41, 5.74) is 5.02. The third kappa shape index (κ3) is 3.18. The van der Waals surface area contributed by atoms with Crippen LogP contribution in [0.15, 0.2) is 91.3 Å². The molecular weight excluding hydrogens is 398 g/mol. The van der Waals surface area contributed by atoms with Crippen molar-refractivity contribution in [2.75, 3.05) is 0 Å². The number of benzene rings is 3. The van der Waals surface area contributed by atoms with Crippen molar-refractivity contribution in [1.29, 1.82) is 0 Å². The number of aromatic amines is 1. The Morgan fingerprint density at radius 1 is 0.812 bits per heavy atom. The Kier molecular flexibility index (Phi) is 4.21. The van der Waals surface area contributed by atoms with Gasteiger partial charge in [0.25, 0.3) is 0 Å². The highest BCUT2D eigenvalue weighted by Gasteiger charge is 2.15. The molecule has 0 saturated carbocycles. The highest BCUT2D eigenvalue weighted by Crippen LogP contribution is 2.32. The standard InChI is InChI=1S/C26H19N5O/c1-31-25-22(16-28-31)26(32-21-11-12-23-20(15-21)13-14-27-23)30-24(29-25)19-9-7-18(8-10-19)17-5-3-2-4-6-17/h2-16,27H,1H3. The number of nitrogens with zero attached hydrogens (tertiary/aromatic N) is 4. The van der Waals surface area contributed by atoms with Gasteiger partial charge in [-0.3, -0.25) is 4.68 Å². The molecule has 0 atom stereocenters. The molecule has 3 aromatic heterocycles. The van der Waals surface area contributed by atoms with Crippen molar-refractivity contribution >= 4 is 21.9 Å². The lowest BCUT2D eigenvalue weighted by molar-refractivity contribution is 0.469. The monoisotopic (exact) mass is 417 g/mol. The van der Waals surface area contributed by atoms with Crippen LogP contribution in [0, 0.1) is 0 Å². The summed E-state index contributed by atoms with van der Waals surface area (Å²) in [6, 6.07) is 26.5. The summed E-state index contributed by atoms with van der Waals surface area (Å²) in [6.07, 6.45) is 3.65. The molecule has 6 rings (SSSR count). The second-order valence-corrected chi connectivity index (χ2v) is 7.63. The van der Waals surface area contributed by atoms with Crippen LogP contribution in [0.3, 0.4) is 0 Å². The maximum atomic E-state index is 6.22. The van der Waals surface area contributed by atoms with Crippen LogP contribution in [0.5, 0.6) is 11.6 Å². The molecule has 0 spiro atoms. The van der Waals surface area contributed by atoms with Crippen LogP contribution in [-0.2, 0) is 7.05 Å². The summed E-state index contributed by atoms with van der Waals surface area (Å²) in [5.74, 6) is 1.80. The fourth-order valence-electron chi connectivity index (χ4n) is 3.85. The summed E-state index contributed by atoms with van der Waals surface area (Å²) >= 11 is 0. The predicted molar refractivity (Wildman–Crippen MR) is 126 cm³/mol. The van der Waals surface area contributed by atoms with Crippen molar-refractivity contribution in [1.82, 2.24) is 24.7 Å². The first kappa shape index (κ1) is 18.3. The molecule has 0 aliphatic heterocycles. The van der Waals surface area contributed by atoms with Gasteiger partial charge in [-0.25, -0.2) is 4.98 Å². The van der Waals surface area contributed by atoms with Gasteiger partial charge in [0.2, 0.25) is 5.88 Å². The zero-order valence-corrected chi connectivity index (χ0v) is 17.4. The van der Waals surface area contributed by atoms with Crippen LogP contribution in [0.4, 0.5) is 0 Å². The molecule has 0 bridgehead atoms. The van der Waals surface area contributed by atoms with Gasteiger partial charge in [0.15, 0.2) is 11.5 Å². The number of ether oxygens (including phenoxy) is 1. The van der Waals surface area contributed by atoms with Gasteiger partial charge >= 0.3 is 0 Å². The van der Waals surface area contributed by atoms with Crippen LogP contribution in [-0.4, -0.2) is 24.7 Å². The Balaban J connectivity index is 1.41. The molecule has 6 aromatic rings. The van der Waals surface area contributed by atoms with E-state index in [1.165, 1.54) is 5.56 Å². The number of aromatic nitrogens is 5. The van der Waals surface area contributed by atoms with E-state index in [2.05, 4.69) is 34.3 Å². The molecule has 0 aliphatic rings. The molecule has 32 heavy (non-hydrogen) atoms. The number of rotatable bonds is 4. The smallest absolute Gasteiger partial charge is 0.234 e. The summed E-state index contributed by atoms with van der Waals surface area (Å²) in [6.45, 7) is 0. The van der Waals surface area contributed by atoms with Crippen LogP contribution >= 0.6 is 0 Å². The summed E-state index contributed by atoms with van der Waals surface area (Å²) in [5, 5.41) is 6.21. The van der Waals surface area contributed by atoms with E-state index in [4.69, 9.17) is 14.7 Å². The lowest BCUT2D eigenvalue weighted by Crippen LogP contribution is -1.98. The van der Waals surface area contributed by atoms with Crippen molar-refractivity contribution in [3.05, 3.63) is 91.3 Å². The van der Waals surface area contributed by atoms with E-state index in [1.54, 1.807) is 10.9 Å². The number of H-pyrrole nitrogens is 1. The number of hydrogen-bond donors (Lipinski definition) is 1. The zero-order chi connectivity index (χ0) is 21.5. The molecule has 6 heteroatoms. The van der Waals surface area contributed by atoms with Gasteiger partial charge in [-0.15, -0.1) is 0 Å². The fraction of sp³-hybridized carbons (Fsp3) is 0.0385. The molecule has 0 amide bonds. The van der Waals surface area contributed by atoms with E-state index in [0.717, 1.165) is 33.1 Å². The van der Waals surface area contributed by atoms with Gasteiger partial charge in [0.1, 0.15) is 11.1 Å². The average Bonchev–Trinajstić information content (AvgIpc) is 3.46. The van der Waals surface area contributed by atoms with Crippen LogP contribution in [0.25, 0.3) is 44.5 Å². The van der Waals surface area contributed by atoms with E-state index in [0.29, 0.717) is 17.5 Å². The molecule has 0 saturated heterocycles. The molecule has 6 nitrogen and oxygen atoms in total. The minimum atomic E-state index is 0.486. The van der Waals surface area contributed by atoms with E-state index in [1.807, 2.05) is 67.8 Å². The Morgan fingerprint density at radius 2 is 1.59 bits per heavy atom. The maximum absolute atomic E-state index is 6.22. The predicted octanol–water partition coefficient (Wildman–Crippen LogP) is 5.97. The molecule has 0 unspecified atom stereocenters. The minimum Gasteiger partial charge on any atom is -0.438 e. The normalized spacial score (nSPS) is 11.3. The van der Waals surface area contributed by atoms with Crippen LogP contribution in [0.2, 0.25) is 0 Å². The Morgan fingerprint density at radius 3 is 2.44 bits per heavy atom. The van der Waals surface area contributed by atoms with E-state index in [9.17, 15) is 0 Å². The second-order valence-electron chi connectivity index (χ2n) is 7.63. The van der Waals surface area contributed by atoms with Crippen molar-refractivity contribution < 1.29 is 4.74 Å². The van der Waals surface area contributed by atoms with Crippen LogP contribution in [0.1, 0.15) is 0 Å². The lowest BCUT2D eigenvalue weighted by Gasteiger charge is -2.09. The summed E-state index contributed by atoms with van der Waals surface area (Å²) in [7, 11) is 1.87. The molecule has 0 fully saturated rings. The number of fused-ring (bicyclic) bond motifs is 2. The molecule has 1 N–H and O–H groups in total. The van der Waals surface area contributed by atoms with E-state index < -0.39 is 0 Å². The Bertz CT molecular complexity index is 1550. The minimum absolute atomic E-state index is 0.486. The highest BCUT2D eigenvalue weighted by molar-refractivity contribution is 5.84. The SMILES string of the molecule is Cn1ncc2c(Oc3ccc4[nH]ccc4c3)nc(-c3ccc(-c4ccccc4)cc3)nc21. The molecule has 0 aliphatic carbocycles. The molecule has 0 radical (unpaired) electrons. The van der Waals surface area contributed by atoms with Gasteiger partial charge in [0, 0.05) is 29.7 Å². The average molecular weight is 417 g/mol. The first-order chi connectivity index (χ1) is 15.7. The summed E-state index contributed by atoms with van der Waals surface area (Å²) < 4.78 is 7.96. The number of nitrogens with one attached hydrogen (secondary N) is 1. The van der Waals surface area contributed by atoms with Crippen molar-refractivity contribution in [3.63, 3.8) is 0 Å². The first-order valence-electron chi connectivity index (χ1n) is 10.4. The van der Waals surface area contributed by atoms with Gasteiger partial charge < -0.3 is 9.72 Å². The number of hydrogen-bond acceptors (Lipinski definition) is 4. The van der Waals surface area contributed by atoms with Gasteiger partial charge in [-0.2, -0.15) is 10.1 Å². The zero-order valence-electron chi connectivity index (χ0n) is 17.4. The molecule has 3 heterocycles. The Labute approximate surface area is 184 Å². The first-order valence-corrected chi connectivity index (χ1v) is 10.4. The third-order valence-electron chi connectivity index (χ3n) is 5.55. The van der Waals surface area contributed by atoms with Crippen molar-refractivity contribution in [2.24, 2.45) is 7.05 Å². The van der Waals surface area contributed by atoms with Crippen molar-refractivity contribution in [2.45, 2.75) is 0 Å². The molecular formula is C26H19N5O. The maximum Gasteiger partial charge on any atom is 0.234 e. The molecule has 3 aromatic carbocycles. The largest absolute Gasteiger partial charge is 0.438 e. The lowest BCUT2D eigenvalue weighted by atomic mass is 10.0. The van der Waals surface area contributed by atoms with Gasteiger partial charge in [-0.05, 0) is 35.4 Å². The summed E-state index contributed by atoms with van der Waals surface area (Å²) in [4.78, 5) is 12.7. The highest BCUT2D eigenvalue weighted by atomic mass is 16.5. The van der Waals surface area contributed by atoms with Crippen molar-refractivity contribution in [3.8, 4) is 34.1 Å². The van der Waals surface area contributed by atoms with Gasteiger partial charge in [0.05, 0.1) is 6.20 Å². The number of aryl methyl sites for hydroxylation is 1.